The van der Waals surface area contributed by atoms with E-state index in [1.807, 2.05) is 58.0 Å². The summed E-state index contributed by atoms with van der Waals surface area (Å²) in [5, 5.41) is 3.66. The average molecular weight is 494 g/mol. The van der Waals surface area contributed by atoms with Gasteiger partial charge in [-0.25, -0.2) is 9.78 Å². The molecule has 1 aromatic carbocycles. The summed E-state index contributed by atoms with van der Waals surface area (Å²) in [6.45, 7) is 12.4. The molecule has 1 aliphatic rings. The number of nitrogens with zero attached hydrogens (tertiary/aromatic N) is 4. The highest BCUT2D eigenvalue weighted by molar-refractivity contribution is 5.79. The fourth-order valence-corrected chi connectivity index (χ4v) is 4.38. The number of amides is 1. The number of hydrogen-bond acceptors (Lipinski definition) is 6. The molecule has 1 saturated heterocycles. The number of aryl methyl sites for hydroxylation is 1. The van der Waals surface area contributed by atoms with Gasteiger partial charge in [0.05, 0.1) is 24.2 Å². The lowest BCUT2D eigenvalue weighted by atomic mass is 10.1. The van der Waals surface area contributed by atoms with Crippen LogP contribution in [0.25, 0.3) is 11.0 Å². The fraction of sp³-hybridized carbons (Fsp3) is 0.536. The number of nitrogens with one attached hydrogen (secondary N) is 1. The topological polar surface area (TPSA) is 81.5 Å². The number of piperidine rings is 1. The van der Waals surface area contributed by atoms with E-state index in [4.69, 9.17) is 19.4 Å². The zero-order chi connectivity index (χ0) is 25.7. The summed E-state index contributed by atoms with van der Waals surface area (Å²) in [6.07, 6.45) is 3.51. The third kappa shape index (κ3) is 6.47. The molecule has 0 spiro atoms. The Morgan fingerprint density at radius 3 is 2.58 bits per heavy atom. The van der Waals surface area contributed by atoms with Crippen LogP contribution in [0.2, 0.25) is 0 Å². The molecule has 0 unspecified atom stereocenters. The first-order valence-electron chi connectivity index (χ1n) is 13.0. The predicted molar refractivity (Wildman–Crippen MR) is 143 cm³/mol. The number of imidazole rings is 1. The Balaban J connectivity index is 1.52. The number of fused-ring (bicyclic) bond motifs is 1. The summed E-state index contributed by atoms with van der Waals surface area (Å²) in [6, 6.07) is 12.4. The molecule has 0 atom stereocenters. The van der Waals surface area contributed by atoms with Crippen molar-refractivity contribution in [2.45, 2.75) is 78.5 Å². The summed E-state index contributed by atoms with van der Waals surface area (Å²) in [5.74, 6) is 1.64. The van der Waals surface area contributed by atoms with Gasteiger partial charge in [-0.1, -0.05) is 25.5 Å². The van der Waals surface area contributed by atoms with E-state index in [2.05, 4.69) is 22.9 Å². The van der Waals surface area contributed by atoms with Gasteiger partial charge >= 0.3 is 6.09 Å². The number of carbonyl (C=O) groups excluding carboxylic acids is 1. The van der Waals surface area contributed by atoms with Gasteiger partial charge in [0.15, 0.2) is 0 Å². The Morgan fingerprint density at radius 1 is 1.11 bits per heavy atom. The molecular weight excluding hydrogens is 454 g/mol. The first-order chi connectivity index (χ1) is 17.2. The molecule has 0 radical (unpaired) electrons. The van der Waals surface area contributed by atoms with E-state index in [9.17, 15) is 4.79 Å². The van der Waals surface area contributed by atoms with Crippen molar-refractivity contribution in [3.8, 4) is 5.75 Å². The second kappa shape index (κ2) is 11.2. The van der Waals surface area contributed by atoms with Crippen LogP contribution in [-0.4, -0.2) is 56.9 Å². The Kier molecular flexibility index (Phi) is 8.01. The lowest BCUT2D eigenvalue weighted by Crippen LogP contribution is -2.44. The zero-order valence-corrected chi connectivity index (χ0v) is 22.2. The summed E-state index contributed by atoms with van der Waals surface area (Å²) in [7, 11) is 0. The van der Waals surface area contributed by atoms with Crippen LogP contribution in [-0.2, 0) is 11.3 Å². The van der Waals surface area contributed by atoms with E-state index in [-0.39, 0.29) is 12.1 Å². The average Bonchev–Trinajstić information content (AvgIpc) is 3.17. The smallest absolute Gasteiger partial charge is 0.410 e. The molecule has 3 heterocycles. The van der Waals surface area contributed by atoms with Crippen molar-refractivity contribution in [3.63, 3.8) is 0 Å². The number of pyridine rings is 1. The molecule has 4 rings (SSSR count). The largest absolute Gasteiger partial charge is 0.492 e. The summed E-state index contributed by atoms with van der Waals surface area (Å²) >= 11 is 0. The number of para-hydroxylation sites is 2. The highest BCUT2D eigenvalue weighted by Crippen LogP contribution is 2.27. The standard InChI is InChI=1S/C28H39N5O3/c1-6-7-18-35-25-13-12-20(2)29-23(25)19-33-24-11-9-8-10-22(24)31-26(33)30-21-14-16-32(17-15-21)27(34)36-28(3,4)5/h8-13,21H,6-7,14-19H2,1-5H3,(H,30,31). The molecule has 194 valence electrons. The molecule has 8 nitrogen and oxygen atoms in total. The van der Waals surface area contributed by atoms with Gasteiger partial charge in [0.25, 0.3) is 0 Å². The summed E-state index contributed by atoms with van der Waals surface area (Å²) < 4.78 is 13.8. The quantitative estimate of drug-likeness (QED) is 0.401. The molecule has 1 fully saturated rings. The van der Waals surface area contributed by atoms with E-state index in [0.717, 1.165) is 59.8 Å². The fourth-order valence-electron chi connectivity index (χ4n) is 4.38. The van der Waals surface area contributed by atoms with Crippen LogP contribution in [0.5, 0.6) is 5.75 Å². The molecule has 0 saturated carbocycles. The van der Waals surface area contributed by atoms with Crippen molar-refractivity contribution in [3.05, 3.63) is 47.8 Å². The van der Waals surface area contributed by atoms with Crippen molar-refractivity contribution in [2.75, 3.05) is 25.0 Å². The minimum atomic E-state index is -0.486. The summed E-state index contributed by atoms with van der Waals surface area (Å²) in [5.41, 5.74) is 3.36. The van der Waals surface area contributed by atoms with E-state index in [1.165, 1.54) is 0 Å². The van der Waals surface area contributed by atoms with Crippen LogP contribution in [0, 0.1) is 6.92 Å². The highest BCUT2D eigenvalue weighted by Gasteiger charge is 2.27. The van der Waals surface area contributed by atoms with Crippen LogP contribution in [0.1, 0.15) is 64.8 Å². The van der Waals surface area contributed by atoms with Crippen molar-refractivity contribution in [2.24, 2.45) is 0 Å². The predicted octanol–water partition coefficient (Wildman–Crippen LogP) is 5.78. The van der Waals surface area contributed by atoms with E-state index in [1.54, 1.807) is 4.90 Å². The number of anilines is 1. The number of aromatic nitrogens is 3. The molecule has 2 aromatic heterocycles. The van der Waals surface area contributed by atoms with E-state index in [0.29, 0.717) is 26.2 Å². The van der Waals surface area contributed by atoms with Gasteiger partial charge in [-0.15, -0.1) is 0 Å². The second-order valence-electron chi connectivity index (χ2n) is 10.5. The molecule has 1 N–H and O–H groups in total. The maximum Gasteiger partial charge on any atom is 0.410 e. The molecule has 1 aliphatic heterocycles. The molecule has 3 aromatic rings. The minimum Gasteiger partial charge on any atom is -0.492 e. The highest BCUT2D eigenvalue weighted by atomic mass is 16.6. The van der Waals surface area contributed by atoms with Crippen molar-refractivity contribution in [1.82, 2.24) is 19.4 Å². The number of ether oxygens (including phenoxy) is 2. The third-order valence-electron chi connectivity index (χ3n) is 6.27. The number of unbranched alkanes of at least 4 members (excludes halogenated alkanes) is 1. The molecule has 1 amide bonds. The van der Waals surface area contributed by atoms with E-state index >= 15 is 0 Å². The number of benzene rings is 1. The SMILES string of the molecule is CCCCOc1ccc(C)nc1Cn1c(NC2CCN(C(=O)OC(C)(C)C)CC2)nc2ccccc21. The van der Waals surface area contributed by atoms with E-state index < -0.39 is 5.60 Å². The van der Waals surface area contributed by atoms with Gasteiger partial charge < -0.3 is 24.3 Å². The van der Waals surface area contributed by atoms with Crippen molar-refractivity contribution >= 4 is 23.1 Å². The molecule has 36 heavy (non-hydrogen) atoms. The lowest BCUT2D eigenvalue weighted by Gasteiger charge is -2.34. The van der Waals surface area contributed by atoms with Gasteiger partial charge in [0, 0.05) is 24.8 Å². The number of hydrogen-bond donors (Lipinski definition) is 1. The molecular formula is C28H39N5O3. The Morgan fingerprint density at radius 2 is 1.86 bits per heavy atom. The van der Waals surface area contributed by atoms with Crippen LogP contribution in [0.15, 0.2) is 36.4 Å². The number of rotatable bonds is 8. The normalized spacial score (nSPS) is 14.8. The Bertz CT molecular complexity index is 1180. The number of carbonyl (C=O) groups is 1. The van der Waals surface area contributed by atoms with Gasteiger partial charge in [0.2, 0.25) is 5.95 Å². The third-order valence-corrected chi connectivity index (χ3v) is 6.27. The van der Waals surface area contributed by atoms with Crippen LogP contribution >= 0.6 is 0 Å². The molecule has 0 aliphatic carbocycles. The van der Waals surface area contributed by atoms with Crippen molar-refractivity contribution < 1.29 is 14.3 Å². The van der Waals surface area contributed by atoms with Gasteiger partial charge in [-0.2, -0.15) is 0 Å². The monoisotopic (exact) mass is 493 g/mol. The maximum atomic E-state index is 12.5. The second-order valence-corrected chi connectivity index (χ2v) is 10.5. The maximum absolute atomic E-state index is 12.5. The minimum absolute atomic E-state index is 0.213. The van der Waals surface area contributed by atoms with Crippen molar-refractivity contribution in [1.29, 1.82) is 0 Å². The van der Waals surface area contributed by atoms with Gasteiger partial charge in [0.1, 0.15) is 17.0 Å². The van der Waals surface area contributed by atoms with Gasteiger partial charge in [-0.05, 0) is 71.2 Å². The number of likely N-dealkylation sites (tertiary alicyclic amines) is 1. The molecule has 0 bridgehead atoms. The van der Waals surface area contributed by atoms with Gasteiger partial charge in [-0.3, -0.25) is 4.98 Å². The van der Waals surface area contributed by atoms with Crippen LogP contribution < -0.4 is 10.1 Å². The lowest BCUT2D eigenvalue weighted by molar-refractivity contribution is 0.0210. The first kappa shape index (κ1) is 25.8. The summed E-state index contributed by atoms with van der Waals surface area (Å²) in [4.78, 5) is 24.0. The van der Waals surface area contributed by atoms with Crippen LogP contribution in [0.4, 0.5) is 10.7 Å². The first-order valence-corrected chi connectivity index (χ1v) is 13.0. The Hall–Kier alpha value is -3.29. The molecule has 8 heteroatoms. The Labute approximate surface area is 214 Å². The zero-order valence-electron chi connectivity index (χ0n) is 22.2. The van der Waals surface area contributed by atoms with Crippen LogP contribution in [0.3, 0.4) is 0 Å².